The summed E-state index contributed by atoms with van der Waals surface area (Å²) in [6.45, 7) is 2.19. The highest BCUT2D eigenvalue weighted by Crippen LogP contribution is 2.03. The van der Waals surface area contributed by atoms with Crippen molar-refractivity contribution in [2.75, 3.05) is 12.4 Å². The van der Waals surface area contributed by atoms with Crippen molar-refractivity contribution in [1.82, 2.24) is 0 Å². The first-order valence-electron chi connectivity index (χ1n) is 3.69. The van der Waals surface area contributed by atoms with Crippen molar-refractivity contribution in [3.05, 3.63) is 11.5 Å². The lowest BCUT2D eigenvalue weighted by Gasteiger charge is -1.93. The number of terminal acetylenes is 1. The van der Waals surface area contributed by atoms with E-state index in [0.717, 1.165) is 12.2 Å². The van der Waals surface area contributed by atoms with E-state index in [1.165, 1.54) is 17.8 Å². The van der Waals surface area contributed by atoms with Crippen LogP contribution in [0.3, 0.4) is 0 Å². The van der Waals surface area contributed by atoms with Crippen molar-refractivity contribution in [2.24, 2.45) is 0 Å². The molecule has 2 nitrogen and oxygen atoms in total. The first-order valence-corrected chi connectivity index (χ1v) is 4.74. The summed E-state index contributed by atoms with van der Waals surface area (Å²) in [5, 5.41) is 1.70. The van der Waals surface area contributed by atoms with Crippen LogP contribution in [0.25, 0.3) is 0 Å². The molecule has 12 heavy (non-hydrogen) atoms. The lowest BCUT2D eigenvalue weighted by molar-refractivity contribution is -0.137. The monoisotopic (exact) mass is 184 g/mol. The Labute approximate surface area is 77.4 Å². The van der Waals surface area contributed by atoms with Crippen molar-refractivity contribution in [1.29, 1.82) is 0 Å². The SMILES string of the molecule is C#CCCS/C=C/C(=O)OCC. The van der Waals surface area contributed by atoms with Gasteiger partial charge in [0.2, 0.25) is 0 Å². The Morgan fingerprint density at radius 2 is 2.50 bits per heavy atom. The molecule has 0 fully saturated rings. The van der Waals surface area contributed by atoms with Gasteiger partial charge in [-0.2, -0.15) is 0 Å². The second-order valence-electron chi connectivity index (χ2n) is 1.88. The van der Waals surface area contributed by atoms with Crippen molar-refractivity contribution in [2.45, 2.75) is 13.3 Å². The van der Waals surface area contributed by atoms with Gasteiger partial charge >= 0.3 is 5.97 Å². The van der Waals surface area contributed by atoms with Crippen LogP contribution in [0.4, 0.5) is 0 Å². The van der Waals surface area contributed by atoms with Crippen LogP contribution < -0.4 is 0 Å². The van der Waals surface area contributed by atoms with E-state index in [-0.39, 0.29) is 5.97 Å². The standard InChI is InChI=1S/C9H12O2S/c1-3-5-7-12-8-6-9(10)11-4-2/h1,6,8H,4-5,7H2,2H3/b8-6+. The fraction of sp³-hybridized carbons (Fsp3) is 0.444. The van der Waals surface area contributed by atoms with Crippen molar-refractivity contribution >= 4 is 17.7 Å². The van der Waals surface area contributed by atoms with E-state index in [9.17, 15) is 4.79 Å². The summed E-state index contributed by atoms with van der Waals surface area (Å²) >= 11 is 1.51. The molecule has 0 N–H and O–H groups in total. The lowest BCUT2D eigenvalue weighted by atomic mass is 10.5. The van der Waals surface area contributed by atoms with E-state index < -0.39 is 0 Å². The molecule has 0 saturated carbocycles. The van der Waals surface area contributed by atoms with E-state index >= 15 is 0 Å². The third-order valence-electron chi connectivity index (χ3n) is 0.951. The van der Waals surface area contributed by atoms with Gasteiger partial charge in [0.05, 0.1) is 6.61 Å². The van der Waals surface area contributed by atoms with Gasteiger partial charge in [-0.1, -0.05) is 0 Å². The Morgan fingerprint density at radius 1 is 1.75 bits per heavy atom. The highest BCUT2D eigenvalue weighted by Gasteiger charge is 1.91. The molecule has 0 saturated heterocycles. The molecule has 3 heteroatoms. The average Bonchev–Trinajstić information content (AvgIpc) is 2.05. The van der Waals surface area contributed by atoms with Crippen LogP contribution in [0.1, 0.15) is 13.3 Å². The number of ether oxygens (including phenoxy) is 1. The van der Waals surface area contributed by atoms with Crippen LogP contribution in [-0.4, -0.2) is 18.3 Å². The topological polar surface area (TPSA) is 26.3 Å². The lowest BCUT2D eigenvalue weighted by Crippen LogP contribution is -1.98. The van der Waals surface area contributed by atoms with Gasteiger partial charge in [-0.05, 0) is 12.3 Å². The van der Waals surface area contributed by atoms with E-state index in [2.05, 4.69) is 10.7 Å². The van der Waals surface area contributed by atoms with Crippen LogP contribution >= 0.6 is 11.8 Å². The van der Waals surface area contributed by atoms with E-state index in [1.54, 1.807) is 12.3 Å². The molecule has 66 valence electrons. The third-order valence-corrected chi connectivity index (χ3v) is 1.72. The first-order chi connectivity index (χ1) is 5.81. The molecule has 0 aromatic carbocycles. The summed E-state index contributed by atoms with van der Waals surface area (Å²) in [6, 6.07) is 0. The minimum atomic E-state index is -0.300. The molecule has 0 atom stereocenters. The van der Waals surface area contributed by atoms with Crippen molar-refractivity contribution < 1.29 is 9.53 Å². The minimum Gasteiger partial charge on any atom is -0.463 e. The summed E-state index contributed by atoms with van der Waals surface area (Å²) in [6.07, 6.45) is 7.17. The molecule has 0 aliphatic carbocycles. The van der Waals surface area contributed by atoms with Crippen LogP contribution in [0.2, 0.25) is 0 Å². The summed E-state index contributed by atoms with van der Waals surface area (Å²) in [7, 11) is 0. The van der Waals surface area contributed by atoms with E-state index in [1.807, 2.05) is 0 Å². The molecule has 0 amide bonds. The Balaban J connectivity index is 3.36. The fourth-order valence-corrected chi connectivity index (χ4v) is 1.06. The predicted octanol–water partition coefficient (Wildman–Crippen LogP) is 1.82. The number of hydrogen-bond acceptors (Lipinski definition) is 3. The van der Waals surface area contributed by atoms with Gasteiger partial charge in [-0.25, -0.2) is 4.79 Å². The zero-order valence-corrected chi connectivity index (χ0v) is 7.89. The van der Waals surface area contributed by atoms with Crippen LogP contribution in [-0.2, 0) is 9.53 Å². The van der Waals surface area contributed by atoms with E-state index in [4.69, 9.17) is 6.42 Å². The van der Waals surface area contributed by atoms with Gasteiger partial charge < -0.3 is 4.74 Å². The molecule has 0 bridgehead atoms. The number of carbonyl (C=O) groups excluding carboxylic acids is 1. The highest BCUT2D eigenvalue weighted by atomic mass is 32.2. The van der Waals surface area contributed by atoms with Gasteiger partial charge in [0.1, 0.15) is 0 Å². The van der Waals surface area contributed by atoms with Gasteiger partial charge in [0.25, 0.3) is 0 Å². The van der Waals surface area contributed by atoms with Gasteiger partial charge in [-0.3, -0.25) is 0 Å². The van der Waals surface area contributed by atoms with Gasteiger partial charge in [0, 0.05) is 18.2 Å². The normalized spacial score (nSPS) is 9.67. The molecule has 0 aromatic heterocycles. The van der Waals surface area contributed by atoms with Crippen molar-refractivity contribution in [3.63, 3.8) is 0 Å². The fourth-order valence-electron chi connectivity index (χ4n) is 0.480. The molecular weight excluding hydrogens is 172 g/mol. The molecule has 0 unspecified atom stereocenters. The zero-order chi connectivity index (χ0) is 9.23. The summed E-state index contributed by atoms with van der Waals surface area (Å²) in [5.74, 6) is 3.05. The predicted molar refractivity (Wildman–Crippen MR) is 51.7 cm³/mol. The van der Waals surface area contributed by atoms with Crippen LogP contribution in [0.5, 0.6) is 0 Å². The van der Waals surface area contributed by atoms with E-state index in [0.29, 0.717) is 6.61 Å². The summed E-state index contributed by atoms with van der Waals surface area (Å²) in [4.78, 5) is 10.7. The Kier molecular flexibility index (Phi) is 7.62. The second-order valence-corrected chi connectivity index (χ2v) is 2.89. The number of rotatable bonds is 5. The molecule has 0 heterocycles. The number of esters is 1. The molecule has 0 radical (unpaired) electrons. The second kappa shape index (κ2) is 8.22. The number of thioether (sulfide) groups is 1. The smallest absolute Gasteiger partial charge is 0.331 e. The maximum Gasteiger partial charge on any atom is 0.331 e. The first kappa shape index (κ1) is 11.1. The summed E-state index contributed by atoms with van der Waals surface area (Å²) < 4.78 is 4.67. The molecular formula is C9H12O2S. The summed E-state index contributed by atoms with van der Waals surface area (Å²) in [5.41, 5.74) is 0. The van der Waals surface area contributed by atoms with Crippen molar-refractivity contribution in [3.8, 4) is 12.3 Å². The molecule has 0 aliphatic rings. The molecule has 0 rings (SSSR count). The Morgan fingerprint density at radius 3 is 3.08 bits per heavy atom. The highest BCUT2D eigenvalue weighted by molar-refractivity contribution is 8.02. The number of hydrogen-bond donors (Lipinski definition) is 0. The molecule has 0 aliphatic heterocycles. The maximum absolute atomic E-state index is 10.7. The van der Waals surface area contributed by atoms with Crippen LogP contribution in [0.15, 0.2) is 11.5 Å². The van der Waals surface area contributed by atoms with Crippen LogP contribution in [0, 0.1) is 12.3 Å². The largest absolute Gasteiger partial charge is 0.463 e. The maximum atomic E-state index is 10.7. The average molecular weight is 184 g/mol. The molecule has 0 spiro atoms. The zero-order valence-electron chi connectivity index (χ0n) is 7.08. The number of carbonyl (C=O) groups is 1. The minimum absolute atomic E-state index is 0.300. The third kappa shape index (κ3) is 7.23. The van der Waals surface area contributed by atoms with Gasteiger partial charge in [0.15, 0.2) is 0 Å². The Bertz CT molecular complexity index is 191. The molecule has 0 aromatic rings. The quantitative estimate of drug-likeness (QED) is 0.282. The van der Waals surface area contributed by atoms with Gasteiger partial charge in [-0.15, -0.1) is 24.1 Å². The Hall–Kier alpha value is -0.880.